The number of hydrogen-bond donors (Lipinski definition) is 0. The van der Waals surface area contributed by atoms with Crippen LogP contribution in [0.25, 0.3) is 0 Å². The van der Waals surface area contributed by atoms with Crippen LogP contribution >= 0.6 is 11.6 Å². The first-order valence-corrected chi connectivity index (χ1v) is 7.05. The zero-order chi connectivity index (χ0) is 11.7. The lowest BCUT2D eigenvalue weighted by molar-refractivity contribution is 0.104. The van der Waals surface area contributed by atoms with Crippen LogP contribution in [0.2, 0.25) is 5.02 Å². The van der Waals surface area contributed by atoms with E-state index in [0.717, 1.165) is 29.2 Å². The number of hydrogen-bond acceptors (Lipinski definition) is 2. The molecule has 1 saturated heterocycles. The van der Waals surface area contributed by atoms with Crippen molar-refractivity contribution in [3.8, 4) is 0 Å². The van der Waals surface area contributed by atoms with E-state index in [4.69, 9.17) is 11.6 Å². The quantitative estimate of drug-likeness (QED) is 0.799. The van der Waals surface area contributed by atoms with E-state index < -0.39 is 0 Å². The summed E-state index contributed by atoms with van der Waals surface area (Å²) in [6.07, 6.45) is 8.82. The molecule has 3 heteroatoms. The zero-order valence-corrected chi connectivity index (χ0v) is 10.9. The lowest BCUT2D eigenvalue weighted by atomic mass is 9.92. The highest BCUT2D eigenvalue weighted by molar-refractivity contribution is 6.30. The molecule has 0 amide bonds. The van der Waals surface area contributed by atoms with Gasteiger partial charge >= 0.3 is 0 Å². The third kappa shape index (κ3) is 2.48. The standard InChI is InChI=1S/C14H19ClN2/c15-12-6-7-16-13(9-12)10-17-8-2-4-11-3-1-5-14(11)17/h6-7,9,11,14H,1-5,8,10H2. The molecule has 2 nitrogen and oxygen atoms in total. The van der Waals surface area contributed by atoms with Gasteiger partial charge in [-0.25, -0.2) is 0 Å². The van der Waals surface area contributed by atoms with Gasteiger partial charge in [0.15, 0.2) is 0 Å². The van der Waals surface area contributed by atoms with Crippen LogP contribution in [0.5, 0.6) is 0 Å². The number of halogens is 1. The van der Waals surface area contributed by atoms with Gasteiger partial charge in [-0.1, -0.05) is 18.0 Å². The van der Waals surface area contributed by atoms with Gasteiger partial charge in [-0.15, -0.1) is 0 Å². The fourth-order valence-corrected chi connectivity index (χ4v) is 3.68. The zero-order valence-electron chi connectivity index (χ0n) is 10.1. The highest BCUT2D eigenvalue weighted by Gasteiger charge is 2.34. The first-order chi connectivity index (χ1) is 8.33. The summed E-state index contributed by atoms with van der Waals surface area (Å²) < 4.78 is 0. The predicted molar refractivity (Wildman–Crippen MR) is 70.0 cm³/mol. The minimum absolute atomic E-state index is 0.801. The number of likely N-dealkylation sites (tertiary alicyclic amines) is 1. The molecule has 1 aromatic heterocycles. The first kappa shape index (κ1) is 11.5. The largest absolute Gasteiger partial charge is 0.294 e. The van der Waals surface area contributed by atoms with E-state index in [1.54, 1.807) is 0 Å². The van der Waals surface area contributed by atoms with Crippen molar-refractivity contribution in [3.05, 3.63) is 29.0 Å². The third-order valence-electron chi connectivity index (χ3n) is 4.25. The summed E-state index contributed by atoms with van der Waals surface area (Å²) in [6, 6.07) is 4.66. The second kappa shape index (κ2) is 4.95. The summed E-state index contributed by atoms with van der Waals surface area (Å²) in [5.74, 6) is 0.947. The van der Waals surface area contributed by atoms with Gasteiger partial charge in [0.2, 0.25) is 0 Å². The summed E-state index contributed by atoms with van der Waals surface area (Å²) in [4.78, 5) is 7.05. The molecule has 2 aliphatic rings. The van der Waals surface area contributed by atoms with Crippen LogP contribution in [0, 0.1) is 5.92 Å². The van der Waals surface area contributed by atoms with E-state index >= 15 is 0 Å². The average Bonchev–Trinajstić information content (AvgIpc) is 2.78. The lowest BCUT2D eigenvalue weighted by Gasteiger charge is -2.37. The van der Waals surface area contributed by atoms with Gasteiger partial charge in [0.1, 0.15) is 0 Å². The highest BCUT2D eigenvalue weighted by Crippen LogP contribution is 2.37. The summed E-state index contributed by atoms with van der Waals surface area (Å²) in [5, 5.41) is 0.801. The van der Waals surface area contributed by atoms with Crippen molar-refractivity contribution in [3.63, 3.8) is 0 Å². The maximum Gasteiger partial charge on any atom is 0.0558 e. The number of aromatic nitrogens is 1. The molecule has 0 N–H and O–H groups in total. The Balaban J connectivity index is 1.71. The van der Waals surface area contributed by atoms with Gasteiger partial charge in [0, 0.05) is 23.8 Å². The van der Waals surface area contributed by atoms with Crippen LogP contribution in [0.1, 0.15) is 37.8 Å². The van der Waals surface area contributed by atoms with E-state index in [9.17, 15) is 0 Å². The van der Waals surface area contributed by atoms with Crippen molar-refractivity contribution < 1.29 is 0 Å². The van der Waals surface area contributed by atoms with Crippen LogP contribution in [-0.4, -0.2) is 22.5 Å². The Labute approximate surface area is 108 Å². The molecule has 1 aliphatic heterocycles. The Morgan fingerprint density at radius 3 is 3.06 bits per heavy atom. The van der Waals surface area contributed by atoms with Crippen molar-refractivity contribution in [1.82, 2.24) is 9.88 Å². The molecule has 1 aromatic rings. The number of piperidine rings is 1. The Morgan fingerprint density at radius 2 is 2.18 bits per heavy atom. The maximum atomic E-state index is 6.02. The molecule has 0 spiro atoms. The Hall–Kier alpha value is -0.600. The smallest absolute Gasteiger partial charge is 0.0558 e. The number of pyridine rings is 1. The normalized spacial score (nSPS) is 29.2. The van der Waals surface area contributed by atoms with Gasteiger partial charge in [0.05, 0.1) is 5.69 Å². The van der Waals surface area contributed by atoms with Crippen LogP contribution < -0.4 is 0 Å². The van der Waals surface area contributed by atoms with Crippen LogP contribution in [-0.2, 0) is 6.54 Å². The molecular weight excluding hydrogens is 232 g/mol. The van der Waals surface area contributed by atoms with Crippen molar-refractivity contribution in [2.75, 3.05) is 6.54 Å². The topological polar surface area (TPSA) is 16.1 Å². The Kier molecular flexibility index (Phi) is 3.34. The molecule has 0 bridgehead atoms. The SMILES string of the molecule is Clc1ccnc(CN2CCCC3CCCC32)c1. The Bertz CT molecular complexity index is 394. The highest BCUT2D eigenvalue weighted by atomic mass is 35.5. The molecule has 2 fully saturated rings. The second-order valence-corrected chi connectivity index (χ2v) is 5.77. The van der Waals surface area contributed by atoms with Gasteiger partial charge in [-0.3, -0.25) is 9.88 Å². The Morgan fingerprint density at radius 1 is 1.29 bits per heavy atom. The molecule has 0 aromatic carbocycles. The molecule has 2 atom stereocenters. The van der Waals surface area contributed by atoms with Crippen LogP contribution in [0.15, 0.2) is 18.3 Å². The van der Waals surface area contributed by atoms with Gasteiger partial charge < -0.3 is 0 Å². The van der Waals surface area contributed by atoms with E-state index in [1.165, 1.54) is 38.6 Å². The molecule has 0 radical (unpaired) electrons. The van der Waals surface area contributed by atoms with E-state index in [2.05, 4.69) is 9.88 Å². The molecule has 2 unspecified atom stereocenters. The predicted octanol–water partition coefficient (Wildman–Crippen LogP) is 3.50. The fourth-order valence-electron chi connectivity index (χ4n) is 3.50. The summed E-state index contributed by atoms with van der Waals surface area (Å²) in [5.41, 5.74) is 1.12. The molecule has 1 aliphatic carbocycles. The number of rotatable bonds is 2. The summed E-state index contributed by atoms with van der Waals surface area (Å²) in [7, 11) is 0. The number of nitrogens with zero attached hydrogens (tertiary/aromatic N) is 2. The minimum atomic E-state index is 0.801. The summed E-state index contributed by atoms with van der Waals surface area (Å²) >= 11 is 6.02. The lowest BCUT2D eigenvalue weighted by Crippen LogP contribution is -2.42. The first-order valence-electron chi connectivity index (χ1n) is 6.67. The van der Waals surface area contributed by atoms with Crippen molar-refractivity contribution >= 4 is 11.6 Å². The molecular formula is C14H19ClN2. The molecule has 92 valence electrons. The van der Waals surface area contributed by atoms with E-state index in [0.29, 0.717) is 0 Å². The van der Waals surface area contributed by atoms with Gasteiger partial charge in [-0.2, -0.15) is 0 Å². The summed E-state index contributed by atoms with van der Waals surface area (Å²) in [6.45, 7) is 2.21. The number of fused-ring (bicyclic) bond motifs is 1. The average molecular weight is 251 g/mol. The molecule has 2 heterocycles. The van der Waals surface area contributed by atoms with Crippen molar-refractivity contribution in [2.24, 2.45) is 5.92 Å². The fraction of sp³-hybridized carbons (Fsp3) is 0.643. The van der Waals surface area contributed by atoms with Crippen LogP contribution in [0.3, 0.4) is 0 Å². The van der Waals surface area contributed by atoms with Gasteiger partial charge in [0.25, 0.3) is 0 Å². The maximum absolute atomic E-state index is 6.02. The minimum Gasteiger partial charge on any atom is -0.294 e. The molecule has 3 rings (SSSR count). The van der Waals surface area contributed by atoms with Gasteiger partial charge in [-0.05, 0) is 50.3 Å². The van der Waals surface area contributed by atoms with Crippen LogP contribution in [0.4, 0.5) is 0 Å². The third-order valence-corrected chi connectivity index (χ3v) is 4.49. The van der Waals surface area contributed by atoms with Crippen molar-refractivity contribution in [1.29, 1.82) is 0 Å². The van der Waals surface area contributed by atoms with E-state index in [-0.39, 0.29) is 0 Å². The molecule has 17 heavy (non-hydrogen) atoms. The monoisotopic (exact) mass is 250 g/mol. The van der Waals surface area contributed by atoms with Crippen molar-refractivity contribution in [2.45, 2.75) is 44.7 Å². The van der Waals surface area contributed by atoms with E-state index in [1.807, 2.05) is 18.3 Å². The second-order valence-electron chi connectivity index (χ2n) is 5.34. The molecule has 1 saturated carbocycles.